The summed E-state index contributed by atoms with van der Waals surface area (Å²) in [4.78, 5) is 12.7. The van der Waals surface area contributed by atoms with E-state index in [0.29, 0.717) is 35.8 Å². The topological polar surface area (TPSA) is 66.0 Å². The Labute approximate surface area is 177 Å². The summed E-state index contributed by atoms with van der Waals surface area (Å²) in [5.74, 6) is 6.32. The number of ether oxygens (including phenoxy) is 4. The summed E-state index contributed by atoms with van der Waals surface area (Å²) in [5, 5.41) is 2.89. The molecule has 0 spiro atoms. The first kappa shape index (κ1) is 22.7. The second-order valence-electron chi connectivity index (χ2n) is 6.19. The third-order valence-corrected chi connectivity index (χ3v) is 4.22. The van der Waals surface area contributed by atoms with Crippen molar-refractivity contribution in [3.63, 3.8) is 0 Å². The van der Waals surface area contributed by atoms with E-state index in [9.17, 15) is 4.79 Å². The van der Waals surface area contributed by atoms with Crippen LogP contribution in [0.4, 0.5) is 0 Å². The maximum atomic E-state index is 12.7. The van der Waals surface area contributed by atoms with Gasteiger partial charge in [0.15, 0.2) is 17.6 Å². The molecule has 0 radical (unpaired) electrons. The maximum Gasteiger partial charge on any atom is 0.253 e. The number of rotatable bonds is 11. The van der Waals surface area contributed by atoms with E-state index in [1.165, 1.54) is 0 Å². The molecule has 2 aromatic carbocycles. The molecule has 0 heterocycles. The highest BCUT2D eigenvalue weighted by atomic mass is 16.5. The standard InChI is InChI=1S/C24H25NO5/c1-5-14-29-21-11-10-18(16-22(21)28-4)12-13-25-24(26)23(30-15-6-2)19-8-7-9-20(17-19)27-3/h1-2,7-11,16-17,23H,12-15H2,3-4H3,(H,25,26). The number of nitrogens with one attached hydrogen (secondary N) is 1. The van der Waals surface area contributed by atoms with Crippen molar-refractivity contribution >= 4 is 5.91 Å². The minimum absolute atomic E-state index is 0.0195. The van der Waals surface area contributed by atoms with Crippen molar-refractivity contribution in [1.29, 1.82) is 0 Å². The third kappa shape index (κ3) is 6.48. The van der Waals surface area contributed by atoms with Gasteiger partial charge in [-0.1, -0.05) is 30.0 Å². The number of benzene rings is 2. The van der Waals surface area contributed by atoms with Crippen LogP contribution < -0.4 is 19.5 Å². The minimum Gasteiger partial charge on any atom is -0.497 e. The van der Waals surface area contributed by atoms with Gasteiger partial charge in [-0.25, -0.2) is 0 Å². The molecule has 6 heteroatoms. The molecule has 0 aromatic heterocycles. The van der Waals surface area contributed by atoms with Crippen molar-refractivity contribution in [2.75, 3.05) is 34.0 Å². The Morgan fingerprint density at radius 1 is 1.03 bits per heavy atom. The van der Waals surface area contributed by atoms with Crippen LogP contribution in [-0.4, -0.2) is 39.9 Å². The lowest BCUT2D eigenvalue weighted by atomic mass is 10.1. The van der Waals surface area contributed by atoms with Gasteiger partial charge in [0, 0.05) is 6.54 Å². The van der Waals surface area contributed by atoms with Gasteiger partial charge < -0.3 is 24.3 Å². The number of hydrogen-bond donors (Lipinski definition) is 1. The Balaban J connectivity index is 2.01. The molecule has 0 bridgehead atoms. The maximum absolute atomic E-state index is 12.7. The average molecular weight is 407 g/mol. The number of carbonyl (C=O) groups excluding carboxylic acids is 1. The largest absolute Gasteiger partial charge is 0.497 e. The van der Waals surface area contributed by atoms with Gasteiger partial charge in [-0.05, 0) is 41.8 Å². The van der Waals surface area contributed by atoms with Crippen LogP contribution in [0, 0.1) is 24.7 Å². The molecule has 6 nitrogen and oxygen atoms in total. The zero-order valence-corrected chi connectivity index (χ0v) is 17.1. The van der Waals surface area contributed by atoms with Crippen molar-refractivity contribution in [2.45, 2.75) is 12.5 Å². The van der Waals surface area contributed by atoms with E-state index < -0.39 is 6.10 Å². The smallest absolute Gasteiger partial charge is 0.253 e. The third-order valence-electron chi connectivity index (χ3n) is 4.22. The van der Waals surface area contributed by atoms with Crippen molar-refractivity contribution in [3.8, 4) is 41.9 Å². The Morgan fingerprint density at radius 3 is 2.53 bits per heavy atom. The summed E-state index contributed by atoms with van der Waals surface area (Å²) in [6.07, 6.45) is 10.3. The van der Waals surface area contributed by atoms with E-state index in [2.05, 4.69) is 17.2 Å². The van der Waals surface area contributed by atoms with Crippen LogP contribution in [0.1, 0.15) is 17.2 Å². The highest BCUT2D eigenvalue weighted by Crippen LogP contribution is 2.28. The lowest BCUT2D eigenvalue weighted by Crippen LogP contribution is -2.32. The minimum atomic E-state index is -0.828. The Kier molecular flexibility index (Phi) is 9.12. The average Bonchev–Trinajstić information content (AvgIpc) is 2.78. The van der Waals surface area contributed by atoms with Crippen molar-refractivity contribution in [2.24, 2.45) is 0 Å². The predicted octanol–water partition coefficient (Wildman–Crippen LogP) is 2.77. The van der Waals surface area contributed by atoms with E-state index in [1.807, 2.05) is 12.1 Å². The van der Waals surface area contributed by atoms with Gasteiger partial charge >= 0.3 is 0 Å². The lowest BCUT2D eigenvalue weighted by molar-refractivity contribution is -0.132. The number of methoxy groups -OCH3 is 2. The summed E-state index contributed by atoms with van der Waals surface area (Å²) >= 11 is 0. The molecule has 156 valence electrons. The molecule has 1 amide bonds. The Hall–Kier alpha value is -3.61. The first-order chi connectivity index (χ1) is 14.6. The normalized spacial score (nSPS) is 10.9. The molecule has 0 saturated carbocycles. The number of hydrogen-bond acceptors (Lipinski definition) is 5. The van der Waals surface area contributed by atoms with Gasteiger partial charge in [0.25, 0.3) is 5.91 Å². The molecule has 1 N–H and O–H groups in total. The van der Waals surface area contributed by atoms with Crippen LogP contribution in [0.2, 0.25) is 0 Å². The predicted molar refractivity (Wildman–Crippen MR) is 115 cm³/mol. The van der Waals surface area contributed by atoms with E-state index in [1.54, 1.807) is 44.6 Å². The Bertz CT molecular complexity index is 926. The number of terminal acetylenes is 2. The van der Waals surface area contributed by atoms with Crippen molar-refractivity contribution in [3.05, 3.63) is 53.6 Å². The molecular formula is C24H25NO5. The first-order valence-electron chi connectivity index (χ1n) is 9.32. The van der Waals surface area contributed by atoms with Gasteiger partial charge in [0.2, 0.25) is 0 Å². The van der Waals surface area contributed by atoms with Crippen LogP contribution in [0.5, 0.6) is 17.2 Å². The summed E-state index contributed by atoms with van der Waals surface area (Å²) in [7, 11) is 3.12. The molecule has 0 aliphatic rings. The van der Waals surface area contributed by atoms with Crippen molar-refractivity contribution < 1.29 is 23.7 Å². The summed E-state index contributed by atoms with van der Waals surface area (Å²) < 4.78 is 21.6. The van der Waals surface area contributed by atoms with Crippen LogP contribution in [0.3, 0.4) is 0 Å². The fourth-order valence-electron chi connectivity index (χ4n) is 2.79. The molecule has 0 aliphatic carbocycles. The molecule has 2 aromatic rings. The molecular weight excluding hydrogens is 382 g/mol. The zero-order valence-electron chi connectivity index (χ0n) is 17.1. The van der Waals surface area contributed by atoms with E-state index in [0.717, 1.165) is 5.56 Å². The van der Waals surface area contributed by atoms with Crippen molar-refractivity contribution in [1.82, 2.24) is 5.32 Å². The highest BCUT2D eigenvalue weighted by Gasteiger charge is 2.21. The number of carbonyl (C=O) groups is 1. The molecule has 30 heavy (non-hydrogen) atoms. The summed E-state index contributed by atoms with van der Waals surface area (Å²) in [6.45, 7) is 0.590. The summed E-state index contributed by atoms with van der Waals surface area (Å²) in [5.41, 5.74) is 1.64. The second-order valence-corrected chi connectivity index (χ2v) is 6.19. The highest BCUT2D eigenvalue weighted by molar-refractivity contribution is 5.82. The molecule has 1 unspecified atom stereocenters. The van der Waals surface area contributed by atoms with Gasteiger partial charge in [-0.3, -0.25) is 4.79 Å². The van der Waals surface area contributed by atoms with Gasteiger partial charge in [-0.15, -0.1) is 12.8 Å². The van der Waals surface area contributed by atoms with Gasteiger partial charge in [-0.2, -0.15) is 0 Å². The van der Waals surface area contributed by atoms with E-state index in [-0.39, 0.29) is 19.1 Å². The fourth-order valence-corrected chi connectivity index (χ4v) is 2.79. The quantitative estimate of drug-likeness (QED) is 0.581. The van der Waals surface area contributed by atoms with E-state index in [4.69, 9.17) is 31.8 Å². The molecule has 2 rings (SSSR count). The summed E-state index contributed by atoms with van der Waals surface area (Å²) in [6, 6.07) is 12.7. The monoisotopic (exact) mass is 407 g/mol. The SMILES string of the molecule is C#CCOc1ccc(CCNC(=O)C(OCC#C)c2cccc(OC)c2)cc1OC. The molecule has 0 saturated heterocycles. The lowest BCUT2D eigenvalue weighted by Gasteiger charge is -2.18. The van der Waals surface area contributed by atoms with Crippen LogP contribution in [0.25, 0.3) is 0 Å². The van der Waals surface area contributed by atoms with Crippen LogP contribution in [0.15, 0.2) is 42.5 Å². The molecule has 0 fully saturated rings. The zero-order chi connectivity index (χ0) is 21.8. The second kappa shape index (κ2) is 12.1. The first-order valence-corrected chi connectivity index (χ1v) is 9.32. The van der Waals surface area contributed by atoms with E-state index >= 15 is 0 Å². The van der Waals surface area contributed by atoms with Gasteiger partial charge in [0.1, 0.15) is 19.0 Å². The van der Waals surface area contributed by atoms with Gasteiger partial charge in [0.05, 0.1) is 14.2 Å². The van der Waals surface area contributed by atoms with Crippen LogP contribution in [-0.2, 0) is 16.0 Å². The van der Waals surface area contributed by atoms with Crippen LogP contribution >= 0.6 is 0 Å². The molecule has 0 aliphatic heterocycles. The molecule has 1 atom stereocenters. The Morgan fingerprint density at radius 2 is 1.83 bits per heavy atom. The number of amides is 1. The fraction of sp³-hybridized carbons (Fsp3) is 0.292.